The molecule has 0 unspecified atom stereocenters. The minimum absolute atomic E-state index is 0.168. The Kier molecular flexibility index (Phi) is 5.47. The van der Waals surface area contributed by atoms with Gasteiger partial charge < -0.3 is 5.32 Å². The third-order valence-electron chi connectivity index (χ3n) is 2.99. The minimum Gasteiger partial charge on any atom is -0.369 e. The fourth-order valence-corrected chi connectivity index (χ4v) is 3.01. The summed E-state index contributed by atoms with van der Waals surface area (Å²) in [4.78, 5) is 4.88. The summed E-state index contributed by atoms with van der Waals surface area (Å²) in [6, 6.07) is 9.88. The number of thioether (sulfide) groups is 1. The Hall–Kier alpha value is -1.40. The van der Waals surface area contributed by atoms with Crippen molar-refractivity contribution in [3.05, 3.63) is 53.2 Å². The molecule has 0 amide bonds. The number of rotatable bonds is 5. The van der Waals surface area contributed by atoms with Crippen LogP contribution < -0.4 is 5.32 Å². The molecule has 0 bridgehead atoms. The van der Waals surface area contributed by atoms with Gasteiger partial charge in [-0.3, -0.25) is 0 Å². The molecule has 0 radical (unpaired) electrons. The van der Waals surface area contributed by atoms with Crippen molar-refractivity contribution in [2.45, 2.75) is 29.7 Å². The van der Waals surface area contributed by atoms with E-state index in [0.717, 1.165) is 17.2 Å². The molecule has 0 aliphatic rings. The van der Waals surface area contributed by atoms with Crippen LogP contribution >= 0.6 is 23.4 Å². The van der Waals surface area contributed by atoms with Crippen molar-refractivity contribution in [2.75, 3.05) is 11.9 Å². The van der Waals surface area contributed by atoms with Gasteiger partial charge in [-0.15, -0.1) is 11.8 Å². The number of halogens is 4. The van der Waals surface area contributed by atoms with Crippen LogP contribution in [0.25, 0.3) is 0 Å². The zero-order valence-corrected chi connectivity index (χ0v) is 14.2. The summed E-state index contributed by atoms with van der Waals surface area (Å²) >= 11 is 7.51. The van der Waals surface area contributed by atoms with Gasteiger partial charge in [0.15, 0.2) is 0 Å². The van der Waals surface area contributed by atoms with Gasteiger partial charge in [-0.2, -0.15) is 13.2 Å². The van der Waals surface area contributed by atoms with Crippen LogP contribution in [-0.2, 0) is 6.18 Å². The molecule has 2 rings (SSSR count). The second-order valence-electron chi connectivity index (χ2n) is 5.60. The zero-order valence-electron chi connectivity index (χ0n) is 12.6. The SMILES string of the molecule is CC(C)(CNc1ccc(C(F)(F)F)cn1)Sc1ccc(Cl)cc1. The van der Waals surface area contributed by atoms with Crippen molar-refractivity contribution in [1.29, 1.82) is 0 Å². The van der Waals surface area contributed by atoms with Crippen molar-refractivity contribution in [2.24, 2.45) is 0 Å². The summed E-state index contributed by atoms with van der Waals surface area (Å²) in [5.74, 6) is 0.419. The standard InChI is InChI=1S/C16H16ClF3N2S/c1-15(2,23-13-6-4-12(17)5-7-13)10-22-14-8-3-11(9-21-14)16(18,19)20/h3-9H,10H2,1-2H3,(H,21,22). The first-order valence-corrected chi connectivity index (χ1v) is 8.07. The first kappa shape index (κ1) is 17.9. The van der Waals surface area contributed by atoms with Crippen LogP contribution in [0.3, 0.4) is 0 Å². The fourth-order valence-electron chi connectivity index (χ4n) is 1.83. The monoisotopic (exact) mass is 360 g/mol. The molecule has 0 saturated carbocycles. The first-order chi connectivity index (χ1) is 10.7. The maximum atomic E-state index is 12.5. The number of hydrogen-bond acceptors (Lipinski definition) is 3. The summed E-state index contributed by atoms with van der Waals surface area (Å²) < 4.78 is 37.3. The zero-order chi connectivity index (χ0) is 17.1. The van der Waals surface area contributed by atoms with E-state index in [9.17, 15) is 13.2 Å². The lowest BCUT2D eigenvalue weighted by atomic mass is 10.2. The number of benzene rings is 1. The predicted octanol–water partition coefficient (Wildman–Crippen LogP) is 5.74. The summed E-state index contributed by atoms with van der Waals surface area (Å²) in [6.45, 7) is 4.64. The molecule has 1 aromatic heterocycles. The molecule has 2 nitrogen and oxygen atoms in total. The van der Waals surface area contributed by atoms with Crippen LogP contribution in [-0.4, -0.2) is 16.3 Å². The van der Waals surface area contributed by atoms with Crippen LogP contribution in [0.1, 0.15) is 19.4 Å². The second kappa shape index (κ2) is 7.01. The van der Waals surface area contributed by atoms with E-state index in [0.29, 0.717) is 17.4 Å². The topological polar surface area (TPSA) is 24.9 Å². The van der Waals surface area contributed by atoms with Crippen molar-refractivity contribution < 1.29 is 13.2 Å². The Bertz CT molecular complexity index is 640. The lowest BCUT2D eigenvalue weighted by Gasteiger charge is -2.24. The van der Waals surface area contributed by atoms with E-state index in [1.165, 1.54) is 6.07 Å². The van der Waals surface area contributed by atoms with E-state index in [-0.39, 0.29) is 4.75 Å². The highest BCUT2D eigenvalue weighted by Crippen LogP contribution is 2.33. The molecule has 23 heavy (non-hydrogen) atoms. The molecule has 1 heterocycles. The van der Waals surface area contributed by atoms with Gasteiger partial charge in [0.2, 0.25) is 0 Å². The maximum Gasteiger partial charge on any atom is 0.417 e. The predicted molar refractivity (Wildman–Crippen MR) is 89.1 cm³/mol. The van der Waals surface area contributed by atoms with Crippen LogP contribution in [0.5, 0.6) is 0 Å². The average Bonchev–Trinajstić information content (AvgIpc) is 2.47. The van der Waals surface area contributed by atoms with E-state index in [1.54, 1.807) is 11.8 Å². The molecule has 1 aromatic carbocycles. The molecule has 1 N–H and O–H groups in total. The smallest absolute Gasteiger partial charge is 0.369 e. The highest BCUT2D eigenvalue weighted by Gasteiger charge is 2.30. The van der Waals surface area contributed by atoms with Gasteiger partial charge >= 0.3 is 6.18 Å². The van der Waals surface area contributed by atoms with E-state index >= 15 is 0 Å². The molecule has 2 aromatic rings. The van der Waals surface area contributed by atoms with Gasteiger partial charge in [0.05, 0.1) is 5.56 Å². The summed E-state index contributed by atoms with van der Waals surface area (Å²) in [6.07, 6.45) is -3.53. The highest BCUT2D eigenvalue weighted by molar-refractivity contribution is 8.00. The number of pyridine rings is 1. The van der Waals surface area contributed by atoms with Gasteiger partial charge in [-0.1, -0.05) is 11.6 Å². The van der Waals surface area contributed by atoms with E-state index in [1.807, 2.05) is 38.1 Å². The molecular weight excluding hydrogens is 345 g/mol. The molecule has 0 aliphatic heterocycles. The maximum absolute atomic E-state index is 12.5. The summed E-state index contributed by atoms with van der Waals surface area (Å²) in [7, 11) is 0. The van der Waals surface area contributed by atoms with Crippen LogP contribution in [0.4, 0.5) is 19.0 Å². The van der Waals surface area contributed by atoms with Gasteiger partial charge in [0, 0.05) is 27.4 Å². The van der Waals surface area contributed by atoms with Crippen molar-refractivity contribution in [3.8, 4) is 0 Å². The van der Waals surface area contributed by atoms with Crippen LogP contribution in [0.2, 0.25) is 5.02 Å². The van der Waals surface area contributed by atoms with Gasteiger partial charge in [-0.25, -0.2) is 4.98 Å². The minimum atomic E-state index is -4.37. The van der Waals surface area contributed by atoms with Crippen LogP contribution in [0.15, 0.2) is 47.5 Å². The Labute approximate surface area is 142 Å². The van der Waals surface area contributed by atoms with Crippen molar-refractivity contribution >= 4 is 29.2 Å². The van der Waals surface area contributed by atoms with Crippen molar-refractivity contribution in [3.63, 3.8) is 0 Å². The molecule has 0 aliphatic carbocycles. The second-order valence-corrected chi connectivity index (χ2v) is 7.82. The number of anilines is 1. The van der Waals surface area contributed by atoms with Crippen molar-refractivity contribution in [1.82, 2.24) is 4.98 Å². The lowest BCUT2D eigenvalue weighted by molar-refractivity contribution is -0.137. The molecule has 0 fully saturated rings. The quantitative estimate of drug-likeness (QED) is 0.688. The van der Waals surface area contributed by atoms with Gasteiger partial charge in [-0.05, 0) is 50.2 Å². The highest BCUT2D eigenvalue weighted by atomic mass is 35.5. The summed E-state index contributed by atoms with van der Waals surface area (Å²) in [5.41, 5.74) is -0.752. The normalized spacial score (nSPS) is 12.3. The van der Waals surface area contributed by atoms with Crippen LogP contribution in [0, 0.1) is 0 Å². The number of alkyl halides is 3. The number of nitrogens with one attached hydrogen (secondary N) is 1. The fraction of sp³-hybridized carbons (Fsp3) is 0.312. The third-order valence-corrected chi connectivity index (χ3v) is 4.45. The van der Waals surface area contributed by atoms with E-state index in [4.69, 9.17) is 11.6 Å². The number of nitrogens with zero attached hydrogens (tertiary/aromatic N) is 1. The Balaban J connectivity index is 1.94. The molecular formula is C16H16ClF3N2S. The Morgan fingerprint density at radius 1 is 1.09 bits per heavy atom. The third kappa shape index (κ3) is 5.62. The van der Waals surface area contributed by atoms with E-state index in [2.05, 4.69) is 10.3 Å². The Morgan fingerprint density at radius 2 is 1.74 bits per heavy atom. The number of aromatic nitrogens is 1. The molecule has 0 spiro atoms. The molecule has 0 atom stereocenters. The van der Waals surface area contributed by atoms with E-state index < -0.39 is 11.7 Å². The molecule has 7 heteroatoms. The summed E-state index contributed by atoms with van der Waals surface area (Å²) in [5, 5.41) is 3.75. The first-order valence-electron chi connectivity index (χ1n) is 6.87. The molecule has 124 valence electrons. The lowest BCUT2D eigenvalue weighted by Crippen LogP contribution is -2.26. The molecule has 0 saturated heterocycles. The Morgan fingerprint density at radius 3 is 2.26 bits per heavy atom. The van der Waals surface area contributed by atoms with Gasteiger partial charge in [0.25, 0.3) is 0 Å². The largest absolute Gasteiger partial charge is 0.417 e. The van der Waals surface area contributed by atoms with Gasteiger partial charge in [0.1, 0.15) is 5.82 Å². The average molecular weight is 361 g/mol. The number of hydrogen-bond donors (Lipinski definition) is 1.